The van der Waals surface area contributed by atoms with Gasteiger partial charge in [0.1, 0.15) is 12.4 Å². The standard InChI is InChI=1S/C24H26N4O3S/c29-22(11-17-7-3-6-16-5-1-2-9-19(16)17)26-24-20-14-32-15-21(20)27-28(24)13-23(30)25-12-18-8-4-10-31-18/h1-3,5-7,9,18H,4,8,10-15H2,(H,25,30)(H,26,29). The number of carbonyl (C=O) groups is 2. The van der Waals surface area contributed by atoms with Gasteiger partial charge in [0.15, 0.2) is 0 Å². The van der Waals surface area contributed by atoms with Crippen molar-refractivity contribution in [2.24, 2.45) is 0 Å². The van der Waals surface area contributed by atoms with E-state index in [2.05, 4.69) is 15.7 Å². The number of fused-ring (bicyclic) bond motifs is 2. The zero-order valence-corrected chi connectivity index (χ0v) is 18.6. The molecule has 5 rings (SSSR count). The van der Waals surface area contributed by atoms with E-state index < -0.39 is 0 Å². The first-order chi connectivity index (χ1) is 15.7. The van der Waals surface area contributed by atoms with Crippen molar-refractivity contribution in [3.63, 3.8) is 0 Å². The van der Waals surface area contributed by atoms with Crippen LogP contribution in [0.15, 0.2) is 42.5 Å². The molecule has 0 radical (unpaired) electrons. The zero-order valence-electron chi connectivity index (χ0n) is 17.8. The van der Waals surface area contributed by atoms with E-state index in [4.69, 9.17) is 4.74 Å². The first-order valence-corrected chi connectivity index (χ1v) is 12.1. The van der Waals surface area contributed by atoms with Gasteiger partial charge in [-0.1, -0.05) is 42.5 Å². The average Bonchev–Trinajstić information content (AvgIpc) is 3.53. The largest absolute Gasteiger partial charge is 0.376 e. The Labute approximate surface area is 190 Å². The lowest BCUT2D eigenvalue weighted by Crippen LogP contribution is -2.34. The molecule has 2 aliphatic rings. The molecule has 7 nitrogen and oxygen atoms in total. The Morgan fingerprint density at radius 3 is 2.88 bits per heavy atom. The van der Waals surface area contributed by atoms with Crippen molar-refractivity contribution in [1.29, 1.82) is 0 Å². The summed E-state index contributed by atoms with van der Waals surface area (Å²) in [5.74, 6) is 1.99. The van der Waals surface area contributed by atoms with Crippen LogP contribution in [0, 0.1) is 0 Å². The van der Waals surface area contributed by atoms with E-state index >= 15 is 0 Å². The van der Waals surface area contributed by atoms with Crippen LogP contribution < -0.4 is 10.6 Å². The predicted octanol–water partition coefficient (Wildman–Crippen LogP) is 3.26. The second-order valence-electron chi connectivity index (χ2n) is 8.23. The molecule has 2 N–H and O–H groups in total. The summed E-state index contributed by atoms with van der Waals surface area (Å²) in [5.41, 5.74) is 2.95. The molecular formula is C24H26N4O3S. The van der Waals surface area contributed by atoms with Crippen LogP contribution in [0.4, 0.5) is 5.82 Å². The van der Waals surface area contributed by atoms with Gasteiger partial charge >= 0.3 is 0 Å². The second-order valence-corrected chi connectivity index (χ2v) is 9.21. The number of nitrogens with one attached hydrogen (secondary N) is 2. The SMILES string of the molecule is O=C(Cn1nc2c(c1NC(=O)Cc1cccc3ccccc13)CSC2)NCC1CCCO1. The minimum Gasteiger partial charge on any atom is -0.376 e. The molecule has 1 unspecified atom stereocenters. The van der Waals surface area contributed by atoms with E-state index in [0.717, 1.165) is 58.5 Å². The highest BCUT2D eigenvalue weighted by Gasteiger charge is 2.25. The van der Waals surface area contributed by atoms with Crippen LogP contribution in [-0.2, 0) is 38.8 Å². The molecule has 1 saturated heterocycles. The summed E-state index contributed by atoms with van der Waals surface area (Å²) in [6, 6.07) is 14.1. The lowest BCUT2D eigenvalue weighted by atomic mass is 10.0. The normalized spacial score (nSPS) is 17.4. The summed E-state index contributed by atoms with van der Waals surface area (Å²) in [4.78, 5) is 25.5. The number of aromatic nitrogens is 2. The predicted molar refractivity (Wildman–Crippen MR) is 125 cm³/mol. The number of nitrogens with zero attached hydrogens (tertiary/aromatic N) is 2. The Morgan fingerprint density at radius 2 is 2.00 bits per heavy atom. The van der Waals surface area contributed by atoms with Crippen molar-refractivity contribution in [2.75, 3.05) is 18.5 Å². The third-order valence-electron chi connectivity index (χ3n) is 5.95. The second kappa shape index (κ2) is 9.34. The number of hydrogen-bond donors (Lipinski definition) is 2. The van der Waals surface area contributed by atoms with Gasteiger partial charge in [-0.25, -0.2) is 4.68 Å². The van der Waals surface area contributed by atoms with Crippen LogP contribution in [-0.4, -0.2) is 40.9 Å². The van der Waals surface area contributed by atoms with E-state index in [9.17, 15) is 9.59 Å². The number of thioether (sulfide) groups is 1. The number of ether oxygens (including phenoxy) is 1. The maximum atomic E-state index is 13.0. The minimum atomic E-state index is -0.126. The molecule has 32 heavy (non-hydrogen) atoms. The molecule has 8 heteroatoms. The van der Waals surface area contributed by atoms with Gasteiger partial charge in [-0.15, -0.1) is 0 Å². The minimum absolute atomic E-state index is 0.0776. The summed E-state index contributed by atoms with van der Waals surface area (Å²) in [6.07, 6.45) is 2.37. The Hall–Kier alpha value is -2.84. The highest BCUT2D eigenvalue weighted by molar-refractivity contribution is 7.98. The molecule has 1 atom stereocenters. The van der Waals surface area contributed by atoms with E-state index in [0.29, 0.717) is 12.4 Å². The quantitative estimate of drug-likeness (QED) is 0.577. The smallest absolute Gasteiger partial charge is 0.241 e. The van der Waals surface area contributed by atoms with Crippen molar-refractivity contribution in [1.82, 2.24) is 15.1 Å². The summed E-state index contributed by atoms with van der Waals surface area (Å²) in [7, 11) is 0. The number of hydrogen-bond acceptors (Lipinski definition) is 5. The highest BCUT2D eigenvalue weighted by Crippen LogP contribution is 2.34. The molecule has 0 spiro atoms. The van der Waals surface area contributed by atoms with Crippen molar-refractivity contribution < 1.29 is 14.3 Å². The van der Waals surface area contributed by atoms with Gasteiger partial charge in [-0.2, -0.15) is 16.9 Å². The molecule has 3 aromatic rings. The van der Waals surface area contributed by atoms with Crippen molar-refractivity contribution in [2.45, 2.75) is 43.4 Å². The Kier molecular flexibility index (Phi) is 6.14. The average molecular weight is 451 g/mol. The third kappa shape index (κ3) is 4.52. The maximum absolute atomic E-state index is 13.0. The summed E-state index contributed by atoms with van der Waals surface area (Å²) >= 11 is 1.77. The Balaban J connectivity index is 1.29. The first kappa shape index (κ1) is 21.0. The number of amides is 2. The fourth-order valence-electron chi connectivity index (χ4n) is 4.34. The van der Waals surface area contributed by atoms with Crippen LogP contribution in [0.25, 0.3) is 10.8 Å². The van der Waals surface area contributed by atoms with Crippen LogP contribution in [0.5, 0.6) is 0 Å². The molecule has 1 fully saturated rings. The van der Waals surface area contributed by atoms with Crippen molar-refractivity contribution >= 4 is 40.2 Å². The Morgan fingerprint density at radius 1 is 1.12 bits per heavy atom. The monoisotopic (exact) mass is 450 g/mol. The lowest BCUT2D eigenvalue weighted by Gasteiger charge is -2.13. The van der Waals surface area contributed by atoms with E-state index in [1.54, 1.807) is 16.4 Å². The van der Waals surface area contributed by atoms with Crippen LogP contribution in [0.1, 0.15) is 29.7 Å². The third-order valence-corrected chi connectivity index (χ3v) is 6.92. The topological polar surface area (TPSA) is 85.2 Å². The van der Waals surface area contributed by atoms with Gasteiger partial charge in [0.05, 0.1) is 18.2 Å². The maximum Gasteiger partial charge on any atom is 0.241 e. The van der Waals surface area contributed by atoms with Gasteiger partial charge in [-0.05, 0) is 29.2 Å². The molecule has 0 saturated carbocycles. The molecular weight excluding hydrogens is 424 g/mol. The number of benzene rings is 2. The summed E-state index contributed by atoms with van der Waals surface area (Å²) < 4.78 is 7.21. The Bertz CT molecular complexity index is 1150. The molecule has 3 heterocycles. The number of rotatable bonds is 7. The molecule has 166 valence electrons. The molecule has 2 aliphatic heterocycles. The molecule has 0 aliphatic carbocycles. The van der Waals surface area contributed by atoms with Gasteiger partial charge < -0.3 is 15.4 Å². The van der Waals surface area contributed by atoms with E-state index in [1.807, 2.05) is 42.5 Å². The highest BCUT2D eigenvalue weighted by atomic mass is 32.2. The zero-order chi connectivity index (χ0) is 21.9. The molecule has 0 bridgehead atoms. The van der Waals surface area contributed by atoms with Crippen molar-refractivity contribution in [3.8, 4) is 0 Å². The van der Waals surface area contributed by atoms with Crippen LogP contribution >= 0.6 is 11.8 Å². The summed E-state index contributed by atoms with van der Waals surface area (Å²) in [6.45, 7) is 1.35. The summed E-state index contributed by atoms with van der Waals surface area (Å²) in [5, 5.41) is 12.8. The lowest BCUT2D eigenvalue weighted by molar-refractivity contribution is -0.122. The van der Waals surface area contributed by atoms with Crippen LogP contribution in [0.3, 0.4) is 0 Å². The van der Waals surface area contributed by atoms with Crippen LogP contribution in [0.2, 0.25) is 0 Å². The fraction of sp³-hybridized carbons (Fsp3) is 0.375. The van der Waals surface area contributed by atoms with Gasteiger partial charge in [0, 0.05) is 30.2 Å². The van der Waals surface area contributed by atoms with Gasteiger partial charge in [0.2, 0.25) is 11.8 Å². The van der Waals surface area contributed by atoms with Gasteiger partial charge in [0.25, 0.3) is 0 Å². The van der Waals surface area contributed by atoms with Gasteiger partial charge in [-0.3, -0.25) is 9.59 Å². The van der Waals surface area contributed by atoms with Crippen molar-refractivity contribution in [3.05, 3.63) is 59.3 Å². The molecule has 2 amide bonds. The molecule has 2 aromatic carbocycles. The fourth-order valence-corrected chi connectivity index (χ4v) is 5.38. The number of carbonyl (C=O) groups excluding carboxylic acids is 2. The van der Waals surface area contributed by atoms with E-state index in [1.165, 1.54) is 0 Å². The van der Waals surface area contributed by atoms with E-state index in [-0.39, 0.29) is 30.9 Å². The first-order valence-electron chi connectivity index (χ1n) is 11.0. The molecule has 1 aromatic heterocycles. The number of anilines is 1.